The number of hydrogen-bond acceptors (Lipinski definition) is 2. The van der Waals surface area contributed by atoms with Gasteiger partial charge in [0.15, 0.2) is 0 Å². The number of carbonyl (C=O) groups is 1. The van der Waals surface area contributed by atoms with Gasteiger partial charge in [0, 0.05) is 33.0 Å². The lowest BCUT2D eigenvalue weighted by molar-refractivity contribution is -0.138. The van der Waals surface area contributed by atoms with Gasteiger partial charge in [0.25, 0.3) is 0 Å². The van der Waals surface area contributed by atoms with E-state index in [2.05, 4.69) is 9.97 Å². The van der Waals surface area contributed by atoms with Crippen LogP contribution in [0.2, 0.25) is 5.02 Å². The minimum absolute atomic E-state index is 0.539. The van der Waals surface area contributed by atoms with Crippen LogP contribution in [0.1, 0.15) is 18.5 Å². The molecular formula is C14H11ClN2O2. The smallest absolute Gasteiger partial charge is 0.312 e. The van der Waals surface area contributed by atoms with Crippen LogP contribution in [-0.2, 0) is 4.79 Å². The molecule has 0 aliphatic heterocycles. The highest BCUT2D eigenvalue weighted by atomic mass is 35.5. The monoisotopic (exact) mass is 274 g/mol. The Bertz CT molecular complexity index is 795. The van der Waals surface area contributed by atoms with Gasteiger partial charge in [-0.1, -0.05) is 11.6 Å². The highest BCUT2D eigenvalue weighted by Gasteiger charge is 2.16. The Morgan fingerprint density at radius 2 is 2.11 bits per heavy atom. The van der Waals surface area contributed by atoms with Gasteiger partial charge in [-0.2, -0.15) is 0 Å². The Hall–Kier alpha value is -2.07. The molecule has 19 heavy (non-hydrogen) atoms. The summed E-state index contributed by atoms with van der Waals surface area (Å²) in [5, 5.41) is 11.6. The van der Waals surface area contributed by atoms with E-state index in [1.807, 2.05) is 18.2 Å². The number of nitrogens with zero attached hydrogens (tertiary/aromatic N) is 1. The van der Waals surface area contributed by atoms with Crippen LogP contribution in [0.4, 0.5) is 0 Å². The fourth-order valence-electron chi connectivity index (χ4n) is 2.15. The van der Waals surface area contributed by atoms with Crippen molar-refractivity contribution in [3.8, 4) is 0 Å². The molecular weight excluding hydrogens is 264 g/mol. The fourth-order valence-corrected chi connectivity index (χ4v) is 2.32. The lowest BCUT2D eigenvalue weighted by Crippen LogP contribution is -2.08. The summed E-state index contributed by atoms with van der Waals surface area (Å²) >= 11 is 5.99. The minimum Gasteiger partial charge on any atom is -0.481 e. The van der Waals surface area contributed by atoms with E-state index in [0.717, 1.165) is 21.8 Å². The molecule has 3 rings (SSSR count). The first kappa shape index (κ1) is 12.0. The fraction of sp³-hybridized carbons (Fsp3) is 0.143. The third-order valence-corrected chi connectivity index (χ3v) is 3.52. The molecule has 1 atom stereocenters. The van der Waals surface area contributed by atoms with Crippen molar-refractivity contribution in [3.63, 3.8) is 0 Å². The molecule has 2 N–H and O–H groups in total. The Morgan fingerprint density at radius 1 is 1.32 bits per heavy atom. The molecule has 0 aliphatic carbocycles. The van der Waals surface area contributed by atoms with Crippen molar-refractivity contribution >= 4 is 39.4 Å². The van der Waals surface area contributed by atoms with Gasteiger partial charge in [-0.25, -0.2) is 0 Å². The average Bonchev–Trinajstić information content (AvgIpc) is 2.74. The molecule has 0 bridgehead atoms. The van der Waals surface area contributed by atoms with Crippen LogP contribution in [0.25, 0.3) is 21.8 Å². The number of benzene rings is 1. The van der Waals surface area contributed by atoms with E-state index in [1.54, 1.807) is 19.2 Å². The lowest BCUT2D eigenvalue weighted by atomic mass is 10.1. The van der Waals surface area contributed by atoms with Gasteiger partial charge in [-0.05, 0) is 31.2 Å². The first-order chi connectivity index (χ1) is 9.06. The van der Waals surface area contributed by atoms with Crippen LogP contribution < -0.4 is 0 Å². The molecule has 0 saturated carbocycles. The van der Waals surface area contributed by atoms with Gasteiger partial charge in [0.1, 0.15) is 0 Å². The minimum atomic E-state index is -0.883. The number of halogens is 1. The maximum atomic E-state index is 11.0. The molecule has 0 fully saturated rings. The number of hydrogen-bond donors (Lipinski definition) is 2. The third kappa shape index (κ3) is 1.94. The van der Waals surface area contributed by atoms with Gasteiger partial charge < -0.3 is 10.1 Å². The van der Waals surface area contributed by atoms with Gasteiger partial charge >= 0.3 is 5.97 Å². The summed E-state index contributed by atoms with van der Waals surface area (Å²) in [6.07, 6.45) is 1.69. The number of fused-ring (bicyclic) bond motifs is 3. The molecule has 2 heterocycles. The van der Waals surface area contributed by atoms with Crippen molar-refractivity contribution in [2.45, 2.75) is 12.8 Å². The number of carboxylic acids is 1. The summed E-state index contributed by atoms with van der Waals surface area (Å²) in [6, 6.07) is 7.37. The van der Waals surface area contributed by atoms with Gasteiger partial charge in [-0.15, -0.1) is 0 Å². The second-order valence-corrected chi connectivity index (χ2v) is 4.97. The zero-order chi connectivity index (χ0) is 13.6. The Balaban J connectivity index is 2.24. The summed E-state index contributed by atoms with van der Waals surface area (Å²) in [7, 11) is 0. The van der Waals surface area contributed by atoms with E-state index in [0.29, 0.717) is 10.7 Å². The first-order valence-corrected chi connectivity index (χ1v) is 6.24. The van der Waals surface area contributed by atoms with Crippen LogP contribution >= 0.6 is 11.6 Å². The van der Waals surface area contributed by atoms with Crippen molar-refractivity contribution in [3.05, 3.63) is 41.2 Å². The molecule has 4 nitrogen and oxygen atoms in total. The van der Waals surface area contributed by atoms with Gasteiger partial charge in [0.05, 0.1) is 11.6 Å². The van der Waals surface area contributed by atoms with Crippen molar-refractivity contribution in [2.75, 3.05) is 0 Å². The van der Waals surface area contributed by atoms with Crippen LogP contribution in [0.15, 0.2) is 30.5 Å². The van der Waals surface area contributed by atoms with E-state index in [1.165, 1.54) is 0 Å². The third-order valence-electron chi connectivity index (χ3n) is 3.28. The number of pyridine rings is 1. The predicted molar refractivity (Wildman–Crippen MR) is 74.7 cm³/mol. The average molecular weight is 275 g/mol. The quantitative estimate of drug-likeness (QED) is 0.751. The molecule has 3 aromatic rings. The molecule has 0 radical (unpaired) electrons. The van der Waals surface area contributed by atoms with E-state index < -0.39 is 11.9 Å². The summed E-state index contributed by atoms with van der Waals surface area (Å²) in [4.78, 5) is 18.5. The molecule has 5 heteroatoms. The number of aliphatic carboxylic acids is 1. The Labute approximate surface area is 114 Å². The van der Waals surface area contributed by atoms with Crippen LogP contribution in [0, 0.1) is 0 Å². The number of rotatable bonds is 2. The second-order valence-electron chi connectivity index (χ2n) is 4.53. The Morgan fingerprint density at radius 3 is 2.84 bits per heavy atom. The van der Waals surface area contributed by atoms with E-state index in [-0.39, 0.29) is 0 Å². The van der Waals surface area contributed by atoms with E-state index in [9.17, 15) is 4.79 Å². The number of aromatic nitrogens is 2. The summed E-state index contributed by atoms with van der Waals surface area (Å²) < 4.78 is 0. The number of aromatic amines is 1. The first-order valence-electron chi connectivity index (χ1n) is 5.86. The molecule has 0 saturated heterocycles. The maximum Gasteiger partial charge on any atom is 0.312 e. The zero-order valence-corrected chi connectivity index (χ0v) is 10.9. The number of carboxylic acid groups (broad SMARTS) is 1. The summed E-state index contributed by atoms with van der Waals surface area (Å²) in [5.41, 5.74) is 2.37. The van der Waals surface area contributed by atoms with Crippen LogP contribution in [0.3, 0.4) is 0 Å². The van der Waals surface area contributed by atoms with Crippen molar-refractivity contribution < 1.29 is 9.90 Å². The van der Waals surface area contributed by atoms with Crippen LogP contribution in [-0.4, -0.2) is 21.0 Å². The molecule has 0 amide bonds. The number of H-pyrrole nitrogens is 1. The Kier molecular flexibility index (Phi) is 2.68. The SMILES string of the molecule is C[C@H](C(=O)O)c1cc2[nH]c3ccc(Cl)cc3c2cn1. The molecule has 0 spiro atoms. The van der Waals surface area contributed by atoms with Gasteiger partial charge in [-0.3, -0.25) is 9.78 Å². The highest BCUT2D eigenvalue weighted by molar-refractivity contribution is 6.31. The van der Waals surface area contributed by atoms with Crippen molar-refractivity contribution in [1.82, 2.24) is 9.97 Å². The zero-order valence-electron chi connectivity index (χ0n) is 10.1. The second kappa shape index (κ2) is 4.24. The molecule has 0 aliphatic rings. The standard InChI is InChI=1S/C14H11ClN2O2/c1-7(14(18)19)12-5-13-10(6-16-12)9-4-8(15)2-3-11(9)17-13/h2-7,17H,1H3,(H,18,19)/t7-/m0/s1. The lowest BCUT2D eigenvalue weighted by Gasteiger charge is -2.04. The molecule has 0 unspecified atom stereocenters. The van der Waals surface area contributed by atoms with E-state index >= 15 is 0 Å². The molecule has 2 aromatic heterocycles. The van der Waals surface area contributed by atoms with Crippen molar-refractivity contribution in [2.24, 2.45) is 0 Å². The van der Waals surface area contributed by atoms with Gasteiger partial charge in [0.2, 0.25) is 0 Å². The number of nitrogens with one attached hydrogen (secondary N) is 1. The molecule has 1 aromatic carbocycles. The maximum absolute atomic E-state index is 11.0. The predicted octanol–water partition coefficient (Wildman–Crippen LogP) is 3.56. The summed E-state index contributed by atoms with van der Waals surface area (Å²) in [6.45, 7) is 1.62. The largest absolute Gasteiger partial charge is 0.481 e. The highest BCUT2D eigenvalue weighted by Crippen LogP contribution is 2.28. The molecule has 96 valence electrons. The topological polar surface area (TPSA) is 66.0 Å². The normalized spacial score (nSPS) is 12.9. The van der Waals surface area contributed by atoms with Crippen LogP contribution in [0.5, 0.6) is 0 Å². The van der Waals surface area contributed by atoms with Crippen molar-refractivity contribution in [1.29, 1.82) is 0 Å². The summed E-state index contributed by atoms with van der Waals surface area (Å²) in [5.74, 6) is -1.51. The van der Waals surface area contributed by atoms with E-state index in [4.69, 9.17) is 16.7 Å².